The first-order valence-corrected chi connectivity index (χ1v) is 6.37. The Morgan fingerprint density at radius 3 is 2.57 bits per heavy atom. The third-order valence-electron chi connectivity index (χ3n) is 2.87. The number of benzene rings is 1. The average Bonchev–Trinajstić information content (AvgIpc) is 2.35. The number of carboxylic acids is 1. The van der Waals surface area contributed by atoms with Crippen molar-refractivity contribution in [1.82, 2.24) is 0 Å². The molecule has 0 heterocycles. The molecule has 1 aromatic rings. The first-order valence-electron chi connectivity index (χ1n) is 6.37. The zero-order valence-corrected chi connectivity index (χ0v) is 12.3. The summed E-state index contributed by atoms with van der Waals surface area (Å²) in [7, 11) is 1.46. The van der Waals surface area contributed by atoms with Crippen LogP contribution >= 0.6 is 0 Å². The second-order valence-electron chi connectivity index (χ2n) is 5.49. The molecule has 0 aromatic heterocycles. The Bertz CT molecular complexity index is 588. The van der Waals surface area contributed by atoms with Crippen molar-refractivity contribution in [3.8, 4) is 11.8 Å². The summed E-state index contributed by atoms with van der Waals surface area (Å²) in [4.78, 5) is 22.8. The maximum Gasteiger partial charge on any atom is 0.303 e. The lowest BCUT2D eigenvalue weighted by atomic mass is 9.85. The number of anilines is 1. The second kappa shape index (κ2) is 6.75. The van der Waals surface area contributed by atoms with Crippen LogP contribution in [0.15, 0.2) is 18.2 Å². The van der Waals surface area contributed by atoms with E-state index in [1.165, 1.54) is 13.2 Å². The van der Waals surface area contributed by atoms with Crippen molar-refractivity contribution in [3.05, 3.63) is 23.8 Å². The summed E-state index contributed by atoms with van der Waals surface area (Å²) in [6.45, 7) is 3.42. The van der Waals surface area contributed by atoms with E-state index in [1.807, 2.05) is 6.07 Å². The van der Waals surface area contributed by atoms with Gasteiger partial charge in [0.25, 0.3) is 0 Å². The van der Waals surface area contributed by atoms with Gasteiger partial charge in [0.05, 0.1) is 30.9 Å². The van der Waals surface area contributed by atoms with Gasteiger partial charge in [-0.25, -0.2) is 0 Å². The van der Waals surface area contributed by atoms with Crippen molar-refractivity contribution in [2.24, 2.45) is 5.41 Å². The fourth-order valence-electron chi connectivity index (χ4n) is 1.98. The maximum atomic E-state index is 12.0. The van der Waals surface area contributed by atoms with E-state index in [-0.39, 0.29) is 18.7 Å². The molecule has 0 unspecified atom stereocenters. The zero-order chi connectivity index (χ0) is 16.0. The zero-order valence-electron chi connectivity index (χ0n) is 12.3. The van der Waals surface area contributed by atoms with Gasteiger partial charge in [0.1, 0.15) is 5.75 Å². The molecule has 6 heteroatoms. The molecule has 0 saturated carbocycles. The third-order valence-corrected chi connectivity index (χ3v) is 2.87. The number of nitrogens with one attached hydrogen (secondary N) is 1. The van der Waals surface area contributed by atoms with E-state index in [1.54, 1.807) is 26.0 Å². The van der Waals surface area contributed by atoms with E-state index in [0.29, 0.717) is 17.0 Å². The van der Waals surface area contributed by atoms with Gasteiger partial charge in [-0.2, -0.15) is 5.26 Å². The summed E-state index contributed by atoms with van der Waals surface area (Å²) in [5, 5.41) is 20.3. The highest BCUT2D eigenvalue weighted by molar-refractivity contribution is 5.93. The lowest BCUT2D eigenvalue weighted by Crippen LogP contribution is -2.25. The van der Waals surface area contributed by atoms with Gasteiger partial charge in [-0.1, -0.05) is 13.8 Å². The average molecular weight is 290 g/mol. The topological polar surface area (TPSA) is 99.4 Å². The van der Waals surface area contributed by atoms with Crippen LogP contribution in [0, 0.1) is 16.7 Å². The van der Waals surface area contributed by atoms with E-state index in [9.17, 15) is 9.59 Å². The third kappa shape index (κ3) is 5.15. The summed E-state index contributed by atoms with van der Waals surface area (Å²) >= 11 is 0. The highest BCUT2D eigenvalue weighted by Crippen LogP contribution is 2.28. The van der Waals surface area contributed by atoms with Gasteiger partial charge in [0.15, 0.2) is 0 Å². The van der Waals surface area contributed by atoms with Crippen molar-refractivity contribution < 1.29 is 19.4 Å². The molecule has 6 nitrogen and oxygen atoms in total. The van der Waals surface area contributed by atoms with Gasteiger partial charge >= 0.3 is 5.97 Å². The minimum atomic E-state index is -0.947. The molecule has 0 fully saturated rings. The molecule has 0 atom stereocenters. The first-order chi connectivity index (χ1) is 9.77. The Labute approximate surface area is 123 Å². The number of hydrogen-bond acceptors (Lipinski definition) is 4. The van der Waals surface area contributed by atoms with Crippen molar-refractivity contribution in [3.63, 3.8) is 0 Å². The number of nitrogens with zero attached hydrogens (tertiary/aromatic N) is 1. The maximum absolute atomic E-state index is 12.0. The summed E-state index contributed by atoms with van der Waals surface area (Å²) in [6.07, 6.45) is -0.0466. The van der Waals surface area contributed by atoms with Crippen LogP contribution in [-0.4, -0.2) is 24.1 Å². The smallest absolute Gasteiger partial charge is 0.303 e. The van der Waals surface area contributed by atoms with Gasteiger partial charge in [0, 0.05) is 6.42 Å². The van der Waals surface area contributed by atoms with Gasteiger partial charge in [-0.05, 0) is 23.6 Å². The van der Waals surface area contributed by atoms with Crippen LogP contribution in [0.5, 0.6) is 5.75 Å². The molecule has 1 amide bonds. The number of hydrogen-bond donors (Lipinski definition) is 2. The normalized spacial score (nSPS) is 10.6. The Hall–Kier alpha value is -2.55. The number of carboxylic acid groups (broad SMARTS) is 1. The molecule has 0 bridgehead atoms. The van der Waals surface area contributed by atoms with Crippen LogP contribution in [0.2, 0.25) is 0 Å². The van der Waals surface area contributed by atoms with Crippen molar-refractivity contribution in [1.29, 1.82) is 5.26 Å². The predicted octanol–water partition coefficient (Wildman–Crippen LogP) is 2.40. The van der Waals surface area contributed by atoms with E-state index in [0.717, 1.165) is 0 Å². The monoisotopic (exact) mass is 290 g/mol. The Kier molecular flexibility index (Phi) is 5.30. The highest BCUT2D eigenvalue weighted by Gasteiger charge is 2.25. The van der Waals surface area contributed by atoms with Crippen molar-refractivity contribution in [2.45, 2.75) is 26.7 Å². The van der Waals surface area contributed by atoms with Gasteiger partial charge in [0.2, 0.25) is 5.91 Å². The molecule has 1 rings (SSSR count). The molecule has 0 saturated heterocycles. The fourth-order valence-corrected chi connectivity index (χ4v) is 1.98. The van der Waals surface area contributed by atoms with Crippen LogP contribution in [-0.2, 0) is 9.59 Å². The van der Waals surface area contributed by atoms with Gasteiger partial charge in [-0.3, -0.25) is 9.59 Å². The van der Waals surface area contributed by atoms with Crippen LogP contribution in [0.4, 0.5) is 5.69 Å². The number of methoxy groups -OCH3 is 1. The van der Waals surface area contributed by atoms with E-state index in [2.05, 4.69) is 5.32 Å². The largest absolute Gasteiger partial charge is 0.495 e. The van der Waals surface area contributed by atoms with E-state index < -0.39 is 11.4 Å². The molecule has 0 spiro atoms. The van der Waals surface area contributed by atoms with E-state index in [4.69, 9.17) is 15.1 Å². The molecule has 112 valence electrons. The number of amides is 1. The minimum absolute atomic E-state index is 0.0548. The van der Waals surface area contributed by atoms with Crippen molar-refractivity contribution >= 4 is 17.6 Å². The molecule has 0 radical (unpaired) electrons. The molecule has 21 heavy (non-hydrogen) atoms. The number of ether oxygens (including phenoxy) is 1. The fraction of sp³-hybridized carbons (Fsp3) is 0.400. The number of carbonyl (C=O) groups is 2. The highest BCUT2D eigenvalue weighted by atomic mass is 16.5. The molecular weight excluding hydrogens is 272 g/mol. The molecule has 0 aliphatic heterocycles. The summed E-state index contributed by atoms with van der Waals surface area (Å²) < 4.78 is 5.12. The van der Waals surface area contributed by atoms with Gasteiger partial charge in [-0.15, -0.1) is 0 Å². The summed E-state index contributed by atoms with van der Waals surface area (Å²) in [5.41, 5.74) is 0.138. The SMILES string of the molecule is COc1ccc(C#N)cc1NC(=O)CC(C)(C)CC(=O)O. The molecule has 1 aromatic carbocycles. The van der Waals surface area contributed by atoms with Gasteiger partial charge < -0.3 is 15.2 Å². The van der Waals surface area contributed by atoms with Crippen LogP contribution < -0.4 is 10.1 Å². The Morgan fingerprint density at radius 1 is 1.38 bits per heavy atom. The molecule has 0 aliphatic rings. The number of nitriles is 1. The number of aliphatic carboxylic acids is 1. The quantitative estimate of drug-likeness (QED) is 0.838. The number of carbonyl (C=O) groups excluding carboxylic acids is 1. The van der Waals surface area contributed by atoms with Crippen LogP contribution in [0.25, 0.3) is 0 Å². The predicted molar refractivity (Wildman–Crippen MR) is 77.0 cm³/mol. The first kappa shape index (κ1) is 16.5. The number of rotatable bonds is 6. The standard InChI is InChI=1S/C15H18N2O4/c1-15(2,8-14(19)20)7-13(18)17-11-6-10(9-16)4-5-12(11)21-3/h4-6H,7-8H2,1-3H3,(H,17,18)(H,19,20). The lowest BCUT2D eigenvalue weighted by molar-refractivity contribution is -0.139. The van der Waals surface area contributed by atoms with Crippen molar-refractivity contribution in [2.75, 3.05) is 12.4 Å². The second-order valence-corrected chi connectivity index (χ2v) is 5.49. The molecular formula is C15H18N2O4. The Balaban J connectivity index is 2.84. The van der Waals surface area contributed by atoms with Crippen LogP contribution in [0.3, 0.4) is 0 Å². The molecule has 2 N–H and O–H groups in total. The lowest BCUT2D eigenvalue weighted by Gasteiger charge is -2.21. The molecule has 0 aliphatic carbocycles. The Morgan fingerprint density at radius 2 is 2.05 bits per heavy atom. The summed E-state index contributed by atoms with van der Waals surface area (Å²) in [6, 6.07) is 6.68. The summed E-state index contributed by atoms with van der Waals surface area (Å²) in [5.74, 6) is -0.829. The minimum Gasteiger partial charge on any atom is -0.495 e. The van der Waals surface area contributed by atoms with E-state index >= 15 is 0 Å². The van der Waals surface area contributed by atoms with Crippen LogP contribution in [0.1, 0.15) is 32.3 Å².